The molecule has 0 aromatic carbocycles. The highest BCUT2D eigenvalue weighted by Crippen LogP contribution is 2.44. The molecule has 4 heteroatoms. The molecule has 0 spiro atoms. The van der Waals surface area contributed by atoms with Gasteiger partial charge in [0.15, 0.2) is 0 Å². The number of thiazole rings is 1. The van der Waals surface area contributed by atoms with Crippen LogP contribution in [0.3, 0.4) is 0 Å². The maximum atomic E-state index is 4.86. The molecule has 106 valence electrons. The third-order valence-electron chi connectivity index (χ3n) is 3.80. The van der Waals surface area contributed by atoms with E-state index in [1.807, 2.05) is 24.4 Å². The molecule has 2 heterocycles. The van der Waals surface area contributed by atoms with Crippen molar-refractivity contribution in [2.24, 2.45) is 0 Å². The zero-order valence-corrected chi connectivity index (χ0v) is 12.9. The van der Waals surface area contributed by atoms with Crippen LogP contribution in [-0.2, 0) is 6.54 Å². The van der Waals surface area contributed by atoms with Gasteiger partial charge in [-0.1, -0.05) is 13.0 Å². The Bertz CT molecular complexity index is 560. The van der Waals surface area contributed by atoms with Gasteiger partial charge in [0.25, 0.3) is 0 Å². The van der Waals surface area contributed by atoms with Crippen molar-refractivity contribution in [3.05, 3.63) is 35.0 Å². The van der Waals surface area contributed by atoms with Crippen LogP contribution in [0.1, 0.15) is 49.6 Å². The Morgan fingerprint density at radius 1 is 1.40 bits per heavy atom. The highest BCUT2D eigenvalue weighted by atomic mass is 32.1. The first-order valence-corrected chi connectivity index (χ1v) is 8.24. The third kappa shape index (κ3) is 3.07. The number of hydrogen-bond acceptors (Lipinski definition) is 4. The van der Waals surface area contributed by atoms with Gasteiger partial charge < -0.3 is 5.32 Å². The van der Waals surface area contributed by atoms with Crippen molar-refractivity contribution < 1.29 is 0 Å². The molecule has 2 aromatic rings. The second-order valence-electron chi connectivity index (χ2n) is 5.51. The Hall–Kier alpha value is -1.26. The Kier molecular flexibility index (Phi) is 4.13. The number of hydrogen-bond donors (Lipinski definition) is 1. The predicted molar refractivity (Wildman–Crippen MR) is 83.9 cm³/mol. The third-order valence-corrected chi connectivity index (χ3v) is 4.89. The van der Waals surface area contributed by atoms with Crippen LogP contribution in [0.2, 0.25) is 0 Å². The maximum absolute atomic E-state index is 4.86. The molecule has 2 aromatic heterocycles. The van der Waals surface area contributed by atoms with Crippen LogP contribution in [0, 0.1) is 0 Å². The van der Waals surface area contributed by atoms with E-state index in [0.717, 1.165) is 23.7 Å². The summed E-state index contributed by atoms with van der Waals surface area (Å²) in [6.45, 7) is 5.38. The number of pyridine rings is 1. The lowest BCUT2D eigenvalue weighted by Gasteiger charge is -2.10. The minimum atomic E-state index is 0.558. The largest absolute Gasteiger partial charge is 0.309 e. The highest BCUT2D eigenvalue weighted by molar-refractivity contribution is 7.15. The molecule has 1 unspecified atom stereocenters. The lowest BCUT2D eigenvalue weighted by Crippen LogP contribution is -2.24. The van der Waals surface area contributed by atoms with E-state index in [1.54, 1.807) is 11.3 Å². The fraction of sp³-hybridized carbons (Fsp3) is 0.500. The summed E-state index contributed by atoms with van der Waals surface area (Å²) < 4.78 is 0. The van der Waals surface area contributed by atoms with E-state index in [4.69, 9.17) is 4.98 Å². The fourth-order valence-electron chi connectivity index (χ4n) is 2.18. The molecule has 1 atom stereocenters. The summed E-state index contributed by atoms with van der Waals surface area (Å²) in [4.78, 5) is 10.7. The van der Waals surface area contributed by atoms with E-state index in [0.29, 0.717) is 12.0 Å². The van der Waals surface area contributed by atoms with Gasteiger partial charge in [-0.3, -0.25) is 4.98 Å². The molecule has 20 heavy (non-hydrogen) atoms. The van der Waals surface area contributed by atoms with Crippen LogP contribution >= 0.6 is 11.3 Å². The highest BCUT2D eigenvalue weighted by Gasteiger charge is 2.29. The van der Waals surface area contributed by atoms with E-state index in [-0.39, 0.29) is 0 Å². The summed E-state index contributed by atoms with van der Waals surface area (Å²) in [5, 5.41) is 4.65. The van der Waals surface area contributed by atoms with Gasteiger partial charge in [-0.2, -0.15) is 0 Å². The molecular formula is C16H21N3S. The Morgan fingerprint density at radius 2 is 2.25 bits per heavy atom. The van der Waals surface area contributed by atoms with Gasteiger partial charge >= 0.3 is 0 Å². The van der Waals surface area contributed by atoms with Gasteiger partial charge in [0.1, 0.15) is 5.01 Å². The van der Waals surface area contributed by atoms with Gasteiger partial charge in [0.2, 0.25) is 0 Å². The van der Waals surface area contributed by atoms with Crippen molar-refractivity contribution in [2.75, 3.05) is 0 Å². The molecule has 1 saturated carbocycles. The zero-order chi connectivity index (χ0) is 13.9. The molecule has 0 saturated heterocycles. The average molecular weight is 287 g/mol. The number of nitrogens with one attached hydrogen (secondary N) is 1. The Labute approximate surface area is 124 Å². The van der Waals surface area contributed by atoms with E-state index in [2.05, 4.69) is 24.1 Å². The van der Waals surface area contributed by atoms with Crippen LogP contribution in [0.4, 0.5) is 0 Å². The van der Waals surface area contributed by atoms with Crippen LogP contribution in [0.25, 0.3) is 10.7 Å². The van der Waals surface area contributed by atoms with Gasteiger partial charge in [-0.15, -0.1) is 11.3 Å². The SMILES string of the molecule is CCC(C)NCc1sc(-c2ccccn2)nc1C1CC1. The molecule has 3 rings (SSSR count). The zero-order valence-electron chi connectivity index (χ0n) is 12.1. The quantitative estimate of drug-likeness (QED) is 0.873. The van der Waals surface area contributed by atoms with Crippen molar-refractivity contribution in [1.82, 2.24) is 15.3 Å². The van der Waals surface area contributed by atoms with Crippen molar-refractivity contribution in [1.29, 1.82) is 0 Å². The lowest BCUT2D eigenvalue weighted by atomic mass is 10.2. The normalized spacial score (nSPS) is 16.3. The first-order valence-electron chi connectivity index (χ1n) is 7.42. The molecule has 1 aliphatic rings. The van der Waals surface area contributed by atoms with Crippen molar-refractivity contribution in [2.45, 2.75) is 51.6 Å². The molecule has 0 bridgehead atoms. The summed E-state index contributed by atoms with van der Waals surface area (Å²) in [5.74, 6) is 0.692. The topological polar surface area (TPSA) is 37.8 Å². The maximum Gasteiger partial charge on any atom is 0.142 e. The summed E-state index contributed by atoms with van der Waals surface area (Å²) in [5.41, 5.74) is 2.31. The number of rotatable bonds is 6. The lowest BCUT2D eigenvalue weighted by molar-refractivity contribution is 0.535. The standard InChI is InChI=1S/C16H21N3S/c1-3-11(2)18-10-14-15(12-7-8-12)19-16(20-14)13-6-4-5-9-17-13/h4-6,9,11-12,18H,3,7-8,10H2,1-2H3. The van der Waals surface area contributed by atoms with Crippen LogP contribution in [0.5, 0.6) is 0 Å². The monoisotopic (exact) mass is 287 g/mol. The van der Waals surface area contributed by atoms with Gasteiger partial charge in [-0.25, -0.2) is 4.98 Å². The molecule has 0 radical (unpaired) electrons. The number of nitrogens with zero attached hydrogens (tertiary/aromatic N) is 2. The molecular weight excluding hydrogens is 266 g/mol. The average Bonchev–Trinajstić information content (AvgIpc) is 3.25. The van der Waals surface area contributed by atoms with E-state index < -0.39 is 0 Å². The fourth-order valence-corrected chi connectivity index (χ4v) is 3.25. The van der Waals surface area contributed by atoms with Gasteiger partial charge in [-0.05, 0) is 38.3 Å². The second kappa shape index (κ2) is 6.02. The Morgan fingerprint density at radius 3 is 2.90 bits per heavy atom. The van der Waals surface area contributed by atoms with Crippen molar-refractivity contribution in [3.8, 4) is 10.7 Å². The smallest absolute Gasteiger partial charge is 0.142 e. The van der Waals surface area contributed by atoms with Crippen molar-refractivity contribution in [3.63, 3.8) is 0 Å². The summed E-state index contributed by atoms with van der Waals surface area (Å²) >= 11 is 1.80. The molecule has 1 fully saturated rings. The van der Waals surface area contributed by atoms with Crippen LogP contribution in [-0.4, -0.2) is 16.0 Å². The second-order valence-corrected chi connectivity index (χ2v) is 6.59. The van der Waals surface area contributed by atoms with Gasteiger partial charge in [0.05, 0.1) is 11.4 Å². The summed E-state index contributed by atoms with van der Waals surface area (Å²) in [6, 6.07) is 6.57. The summed E-state index contributed by atoms with van der Waals surface area (Å²) in [6.07, 6.45) is 5.58. The molecule has 1 aliphatic carbocycles. The Balaban J connectivity index is 1.83. The predicted octanol–water partition coefficient (Wildman–Crippen LogP) is 3.97. The van der Waals surface area contributed by atoms with E-state index >= 15 is 0 Å². The molecule has 0 amide bonds. The molecule has 0 aliphatic heterocycles. The summed E-state index contributed by atoms with van der Waals surface area (Å²) in [7, 11) is 0. The van der Waals surface area contributed by atoms with Crippen LogP contribution < -0.4 is 5.32 Å². The molecule has 1 N–H and O–H groups in total. The van der Waals surface area contributed by atoms with Gasteiger partial charge in [0, 0.05) is 29.6 Å². The first kappa shape index (κ1) is 13.7. The van der Waals surface area contributed by atoms with Crippen LogP contribution in [0.15, 0.2) is 24.4 Å². The van der Waals surface area contributed by atoms with E-state index in [9.17, 15) is 0 Å². The number of aromatic nitrogens is 2. The first-order chi connectivity index (χ1) is 9.78. The molecule has 3 nitrogen and oxygen atoms in total. The van der Waals surface area contributed by atoms with Crippen molar-refractivity contribution >= 4 is 11.3 Å². The minimum absolute atomic E-state index is 0.558. The van der Waals surface area contributed by atoms with E-state index in [1.165, 1.54) is 23.4 Å². The minimum Gasteiger partial charge on any atom is -0.309 e.